The van der Waals surface area contributed by atoms with Crippen molar-refractivity contribution >= 4 is 5.91 Å². The van der Waals surface area contributed by atoms with Gasteiger partial charge in [-0.15, -0.1) is 0 Å². The van der Waals surface area contributed by atoms with Crippen LogP contribution in [-0.2, 0) is 4.74 Å². The van der Waals surface area contributed by atoms with Gasteiger partial charge in [0.1, 0.15) is 30.2 Å². The summed E-state index contributed by atoms with van der Waals surface area (Å²) in [6.07, 6.45) is -6.76. The summed E-state index contributed by atoms with van der Waals surface area (Å²) in [6.45, 7) is -0.500. The van der Waals surface area contributed by atoms with Crippen LogP contribution < -0.4 is 10.1 Å². The number of carbonyl (C=O) groups is 1. The third-order valence-corrected chi connectivity index (χ3v) is 4.81. The first-order chi connectivity index (χ1) is 14.4. The fourth-order valence-corrected chi connectivity index (χ4v) is 3.14. The standard InChI is InChI=1S/C21H25NO8/c23-9-8-22-20(28)14-3-1-2-13(10-14)12-4-6-15(7-5-12)29-21-19(27)18(26)17(25)16(11-24)30-21/h1-7,10,16-19,21,23-27H,8-9,11H2,(H,22,28)/t16-,17+,18-,19-,21+/m0/s1. The van der Waals surface area contributed by atoms with Crippen LogP contribution in [0.2, 0.25) is 0 Å². The quantitative estimate of drug-likeness (QED) is 0.344. The summed E-state index contributed by atoms with van der Waals surface area (Å²) >= 11 is 0. The molecule has 0 saturated carbocycles. The van der Waals surface area contributed by atoms with Gasteiger partial charge in [-0.25, -0.2) is 0 Å². The summed E-state index contributed by atoms with van der Waals surface area (Å²) in [7, 11) is 0. The number of hydrogen-bond acceptors (Lipinski definition) is 8. The summed E-state index contributed by atoms with van der Waals surface area (Å²) < 4.78 is 10.9. The van der Waals surface area contributed by atoms with Crippen molar-refractivity contribution in [3.63, 3.8) is 0 Å². The van der Waals surface area contributed by atoms with Crippen LogP contribution in [0, 0.1) is 0 Å². The minimum atomic E-state index is -1.51. The Hall–Kier alpha value is -2.53. The summed E-state index contributed by atoms with van der Waals surface area (Å²) in [4.78, 5) is 12.1. The van der Waals surface area contributed by atoms with E-state index < -0.39 is 37.3 Å². The zero-order valence-corrected chi connectivity index (χ0v) is 16.1. The van der Waals surface area contributed by atoms with Crippen LogP contribution in [0.4, 0.5) is 0 Å². The van der Waals surface area contributed by atoms with Crippen LogP contribution in [0.1, 0.15) is 10.4 Å². The van der Waals surface area contributed by atoms with Crippen molar-refractivity contribution in [2.24, 2.45) is 0 Å². The number of nitrogens with one attached hydrogen (secondary N) is 1. The van der Waals surface area contributed by atoms with Gasteiger partial charge in [0.2, 0.25) is 6.29 Å². The zero-order chi connectivity index (χ0) is 21.7. The van der Waals surface area contributed by atoms with Crippen LogP contribution in [0.3, 0.4) is 0 Å². The number of aliphatic hydroxyl groups excluding tert-OH is 5. The van der Waals surface area contributed by atoms with Crippen molar-refractivity contribution in [2.45, 2.75) is 30.7 Å². The lowest BCUT2D eigenvalue weighted by atomic mass is 9.99. The van der Waals surface area contributed by atoms with E-state index >= 15 is 0 Å². The van der Waals surface area contributed by atoms with Crippen LogP contribution in [0.5, 0.6) is 5.75 Å². The topological polar surface area (TPSA) is 149 Å². The summed E-state index contributed by atoms with van der Waals surface area (Å²) in [5.41, 5.74) is 2.07. The molecule has 6 N–H and O–H groups in total. The second kappa shape index (κ2) is 9.98. The number of amides is 1. The van der Waals surface area contributed by atoms with Gasteiger partial charge in [0.15, 0.2) is 0 Å². The molecule has 1 aliphatic rings. The van der Waals surface area contributed by atoms with E-state index in [1.807, 2.05) is 6.07 Å². The smallest absolute Gasteiger partial charge is 0.251 e. The molecule has 0 aromatic heterocycles. The Morgan fingerprint density at radius 3 is 2.37 bits per heavy atom. The van der Waals surface area contributed by atoms with Gasteiger partial charge in [0.25, 0.3) is 5.91 Å². The molecular formula is C21H25NO8. The predicted octanol–water partition coefficient (Wildman–Crippen LogP) is -0.746. The fourth-order valence-electron chi connectivity index (χ4n) is 3.14. The molecule has 1 heterocycles. The molecule has 0 unspecified atom stereocenters. The van der Waals surface area contributed by atoms with Crippen LogP contribution in [0.25, 0.3) is 11.1 Å². The Labute approximate surface area is 173 Å². The molecular weight excluding hydrogens is 394 g/mol. The number of benzene rings is 2. The van der Waals surface area contributed by atoms with Crippen molar-refractivity contribution in [1.82, 2.24) is 5.32 Å². The van der Waals surface area contributed by atoms with E-state index in [9.17, 15) is 25.2 Å². The van der Waals surface area contributed by atoms with Crippen LogP contribution in [0.15, 0.2) is 48.5 Å². The van der Waals surface area contributed by atoms with Crippen molar-refractivity contribution in [1.29, 1.82) is 0 Å². The molecule has 1 amide bonds. The van der Waals surface area contributed by atoms with Crippen LogP contribution in [-0.4, -0.2) is 81.9 Å². The first-order valence-electron chi connectivity index (χ1n) is 9.51. The minimum Gasteiger partial charge on any atom is -0.462 e. The van der Waals surface area contributed by atoms with Gasteiger partial charge >= 0.3 is 0 Å². The lowest BCUT2D eigenvalue weighted by Gasteiger charge is -2.39. The molecule has 5 atom stereocenters. The summed E-state index contributed by atoms with van der Waals surface area (Å²) in [5.74, 6) is 0.0633. The molecule has 9 nitrogen and oxygen atoms in total. The van der Waals surface area contributed by atoms with Crippen molar-refractivity contribution in [2.75, 3.05) is 19.8 Å². The molecule has 1 fully saturated rings. The van der Waals surface area contributed by atoms with E-state index in [2.05, 4.69) is 5.32 Å². The van der Waals surface area contributed by atoms with Gasteiger partial charge in [0.05, 0.1) is 13.2 Å². The number of aliphatic hydroxyl groups is 5. The summed E-state index contributed by atoms with van der Waals surface area (Å²) in [6, 6.07) is 13.8. The van der Waals surface area contributed by atoms with E-state index in [0.717, 1.165) is 11.1 Å². The van der Waals surface area contributed by atoms with Crippen molar-refractivity contribution < 1.29 is 39.8 Å². The normalized spacial score (nSPS) is 26.2. The van der Waals surface area contributed by atoms with Gasteiger partial charge in [-0.2, -0.15) is 0 Å². The Kier molecular flexibility index (Phi) is 7.38. The lowest BCUT2D eigenvalue weighted by Crippen LogP contribution is -2.60. The van der Waals surface area contributed by atoms with E-state index in [1.165, 1.54) is 0 Å². The second-order valence-corrected chi connectivity index (χ2v) is 6.90. The number of rotatable bonds is 7. The molecule has 1 aliphatic heterocycles. The molecule has 3 rings (SSSR count). The maximum absolute atomic E-state index is 12.1. The first-order valence-corrected chi connectivity index (χ1v) is 9.51. The molecule has 0 radical (unpaired) electrons. The third-order valence-electron chi connectivity index (χ3n) is 4.81. The maximum Gasteiger partial charge on any atom is 0.251 e. The average Bonchev–Trinajstić information content (AvgIpc) is 2.78. The number of hydrogen-bond donors (Lipinski definition) is 6. The molecule has 0 spiro atoms. The molecule has 30 heavy (non-hydrogen) atoms. The Balaban J connectivity index is 1.70. The molecule has 2 aromatic carbocycles. The number of ether oxygens (including phenoxy) is 2. The third kappa shape index (κ3) is 4.96. The van der Waals surface area contributed by atoms with Gasteiger partial charge < -0.3 is 40.3 Å². The summed E-state index contributed by atoms with van der Waals surface area (Å²) in [5, 5.41) is 50.4. The van der Waals surface area contributed by atoms with Crippen molar-refractivity contribution in [3.8, 4) is 16.9 Å². The highest BCUT2D eigenvalue weighted by Gasteiger charge is 2.44. The molecule has 2 aromatic rings. The number of carbonyl (C=O) groups excluding carboxylic acids is 1. The fraction of sp³-hybridized carbons (Fsp3) is 0.381. The van der Waals surface area contributed by atoms with Gasteiger partial charge in [0, 0.05) is 12.1 Å². The zero-order valence-electron chi connectivity index (χ0n) is 16.1. The minimum absolute atomic E-state index is 0.138. The lowest BCUT2D eigenvalue weighted by molar-refractivity contribution is -0.277. The molecule has 1 saturated heterocycles. The molecule has 9 heteroatoms. The van der Waals surface area contributed by atoms with E-state index in [4.69, 9.17) is 14.6 Å². The maximum atomic E-state index is 12.1. The SMILES string of the molecule is O=C(NCCO)c1cccc(-c2ccc(O[C@@H]3O[C@@H](CO)[C@@H](O)[C@H](O)[C@@H]3O)cc2)c1. The molecule has 0 aliphatic carbocycles. The monoisotopic (exact) mass is 419 g/mol. The predicted molar refractivity (Wildman–Crippen MR) is 106 cm³/mol. The largest absolute Gasteiger partial charge is 0.462 e. The van der Waals surface area contributed by atoms with Crippen LogP contribution >= 0.6 is 0 Å². The van der Waals surface area contributed by atoms with Gasteiger partial charge in [-0.3, -0.25) is 4.79 Å². The average molecular weight is 419 g/mol. The molecule has 0 bridgehead atoms. The van der Waals surface area contributed by atoms with E-state index in [-0.39, 0.29) is 19.1 Å². The van der Waals surface area contributed by atoms with Gasteiger partial charge in [-0.1, -0.05) is 24.3 Å². The van der Waals surface area contributed by atoms with E-state index in [1.54, 1.807) is 42.5 Å². The Morgan fingerprint density at radius 2 is 1.70 bits per heavy atom. The highest BCUT2D eigenvalue weighted by atomic mass is 16.7. The first kappa shape index (κ1) is 22.2. The van der Waals surface area contributed by atoms with E-state index in [0.29, 0.717) is 11.3 Å². The Morgan fingerprint density at radius 1 is 0.967 bits per heavy atom. The molecule has 162 valence electrons. The highest BCUT2D eigenvalue weighted by molar-refractivity contribution is 5.95. The Bertz CT molecular complexity index is 841. The highest BCUT2D eigenvalue weighted by Crippen LogP contribution is 2.27. The second-order valence-electron chi connectivity index (χ2n) is 6.90. The van der Waals surface area contributed by atoms with Gasteiger partial charge in [-0.05, 0) is 35.4 Å². The van der Waals surface area contributed by atoms with Crippen molar-refractivity contribution in [3.05, 3.63) is 54.1 Å².